The average Bonchev–Trinajstić information content (AvgIpc) is 2.47. The molecule has 1 heterocycles. The van der Waals surface area contributed by atoms with Gasteiger partial charge in [-0.15, -0.1) is 0 Å². The number of hydrogen-bond donors (Lipinski definition) is 0. The van der Waals surface area contributed by atoms with Crippen LogP contribution >= 0.6 is 27.5 Å². The van der Waals surface area contributed by atoms with Gasteiger partial charge >= 0.3 is 0 Å². The minimum atomic E-state index is 0.856. The molecule has 68 valence electrons. The van der Waals surface area contributed by atoms with Crippen molar-refractivity contribution in [3.63, 3.8) is 0 Å². The summed E-state index contributed by atoms with van der Waals surface area (Å²) in [5, 5.41) is 0. The predicted molar refractivity (Wildman–Crippen MR) is 54.2 cm³/mol. The monoisotopic (exact) mass is 249 g/mol. The summed E-state index contributed by atoms with van der Waals surface area (Å²) in [4.78, 5) is 6.52. The third-order valence-electron chi connectivity index (χ3n) is 1.70. The van der Waals surface area contributed by atoms with Gasteiger partial charge in [0.2, 0.25) is 0 Å². The van der Waals surface area contributed by atoms with Gasteiger partial charge in [0.05, 0.1) is 6.54 Å². The highest BCUT2D eigenvalue weighted by Gasteiger charge is 2.05. The van der Waals surface area contributed by atoms with Crippen LogP contribution in [0.2, 0.25) is 0 Å². The molecule has 0 fully saturated rings. The molecule has 0 N–H and O–H groups in total. The van der Waals surface area contributed by atoms with E-state index in [0.29, 0.717) is 0 Å². The maximum atomic E-state index is 4.23. The Morgan fingerprint density at radius 2 is 2.08 bits per heavy atom. The molecular formula is C7H12BrN3S. The Bertz CT molecular complexity index is 234. The van der Waals surface area contributed by atoms with Gasteiger partial charge in [0.25, 0.3) is 0 Å². The van der Waals surface area contributed by atoms with E-state index in [-0.39, 0.29) is 0 Å². The molecule has 5 heteroatoms. The van der Waals surface area contributed by atoms with Gasteiger partial charge in [-0.25, -0.2) is 4.98 Å². The largest absolute Gasteiger partial charge is 0.296 e. The van der Waals surface area contributed by atoms with Crippen LogP contribution < -0.4 is 0 Å². The molecule has 0 unspecified atom stereocenters. The van der Waals surface area contributed by atoms with Crippen LogP contribution in [0.25, 0.3) is 0 Å². The second-order valence-corrected chi connectivity index (χ2v) is 4.45. The Morgan fingerprint density at radius 1 is 1.42 bits per heavy atom. The van der Waals surface area contributed by atoms with Crippen molar-refractivity contribution in [1.29, 1.82) is 0 Å². The molecule has 0 atom stereocenters. The molecule has 0 spiro atoms. The van der Waals surface area contributed by atoms with Crippen molar-refractivity contribution in [2.75, 3.05) is 13.1 Å². The van der Waals surface area contributed by atoms with E-state index >= 15 is 0 Å². The van der Waals surface area contributed by atoms with Crippen LogP contribution in [0, 0.1) is 0 Å². The molecule has 0 aliphatic carbocycles. The van der Waals surface area contributed by atoms with E-state index in [1.165, 1.54) is 11.5 Å². The van der Waals surface area contributed by atoms with E-state index in [0.717, 1.165) is 29.4 Å². The number of aromatic nitrogens is 2. The van der Waals surface area contributed by atoms with Gasteiger partial charge in [0, 0.05) is 0 Å². The molecule has 1 aromatic heterocycles. The van der Waals surface area contributed by atoms with Crippen LogP contribution in [-0.4, -0.2) is 27.3 Å². The van der Waals surface area contributed by atoms with E-state index in [2.05, 4.69) is 44.0 Å². The van der Waals surface area contributed by atoms with E-state index in [9.17, 15) is 0 Å². The normalized spacial score (nSPS) is 11.0. The highest BCUT2D eigenvalue weighted by Crippen LogP contribution is 2.12. The number of hydrogen-bond acceptors (Lipinski definition) is 4. The van der Waals surface area contributed by atoms with Crippen molar-refractivity contribution < 1.29 is 0 Å². The van der Waals surface area contributed by atoms with Crippen LogP contribution in [0.4, 0.5) is 0 Å². The topological polar surface area (TPSA) is 29.0 Å². The fourth-order valence-electron chi connectivity index (χ4n) is 0.944. The second kappa shape index (κ2) is 4.89. The predicted octanol–water partition coefficient (Wildman–Crippen LogP) is 2.14. The van der Waals surface area contributed by atoms with Crippen LogP contribution in [0.3, 0.4) is 0 Å². The first-order valence-electron chi connectivity index (χ1n) is 3.96. The molecule has 0 saturated carbocycles. The molecule has 0 amide bonds. The summed E-state index contributed by atoms with van der Waals surface area (Å²) in [6, 6.07) is 0. The Balaban J connectivity index is 2.50. The lowest BCUT2D eigenvalue weighted by Crippen LogP contribution is -2.22. The molecule has 0 bridgehead atoms. The second-order valence-electron chi connectivity index (χ2n) is 2.42. The summed E-state index contributed by atoms with van der Waals surface area (Å²) in [5.41, 5.74) is 0. The van der Waals surface area contributed by atoms with Crippen LogP contribution in [0.5, 0.6) is 0 Å². The van der Waals surface area contributed by atoms with Gasteiger partial charge in [-0.2, -0.15) is 4.37 Å². The molecule has 12 heavy (non-hydrogen) atoms. The van der Waals surface area contributed by atoms with Crippen LogP contribution in [0.1, 0.15) is 19.7 Å². The molecule has 1 aromatic rings. The van der Waals surface area contributed by atoms with Gasteiger partial charge < -0.3 is 0 Å². The lowest BCUT2D eigenvalue weighted by atomic mass is 10.4. The van der Waals surface area contributed by atoms with Gasteiger partial charge in [0.15, 0.2) is 9.74 Å². The Kier molecular flexibility index (Phi) is 4.11. The highest BCUT2D eigenvalue weighted by molar-refractivity contribution is 9.11. The standard InChI is InChI=1S/C7H12BrN3S/c1-3-11(4-2)5-6-9-7(8)12-10-6/h3-5H2,1-2H3. The van der Waals surface area contributed by atoms with E-state index < -0.39 is 0 Å². The molecule has 0 aliphatic heterocycles. The molecular weight excluding hydrogens is 238 g/mol. The third-order valence-corrected chi connectivity index (χ3v) is 2.86. The maximum Gasteiger partial charge on any atom is 0.179 e. The first-order valence-corrected chi connectivity index (χ1v) is 5.53. The molecule has 0 aromatic carbocycles. The summed E-state index contributed by atoms with van der Waals surface area (Å²) < 4.78 is 5.06. The van der Waals surface area contributed by atoms with Crippen molar-refractivity contribution in [1.82, 2.24) is 14.3 Å². The first kappa shape index (κ1) is 10.1. The summed E-state index contributed by atoms with van der Waals surface area (Å²) in [5.74, 6) is 0.913. The smallest absolute Gasteiger partial charge is 0.179 e. The quantitative estimate of drug-likeness (QED) is 0.819. The molecule has 1 rings (SSSR count). The average molecular weight is 250 g/mol. The van der Waals surface area contributed by atoms with Gasteiger partial charge in [-0.3, -0.25) is 4.90 Å². The Labute approximate surface area is 85.1 Å². The minimum absolute atomic E-state index is 0.856. The van der Waals surface area contributed by atoms with Crippen molar-refractivity contribution >= 4 is 27.5 Å². The minimum Gasteiger partial charge on any atom is -0.296 e. The maximum absolute atomic E-state index is 4.23. The first-order chi connectivity index (χ1) is 5.76. The Hall–Kier alpha value is -0.0000000000000000555. The summed E-state index contributed by atoms with van der Waals surface area (Å²) in [7, 11) is 0. The summed E-state index contributed by atoms with van der Waals surface area (Å²) in [6.07, 6.45) is 0. The molecule has 0 radical (unpaired) electrons. The fourth-order valence-corrected chi connectivity index (χ4v) is 1.79. The van der Waals surface area contributed by atoms with E-state index in [4.69, 9.17) is 0 Å². The number of nitrogens with zero attached hydrogens (tertiary/aromatic N) is 3. The summed E-state index contributed by atoms with van der Waals surface area (Å²) >= 11 is 4.69. The number of rotatable bonds is 4. The van der Waals surface area contributed by atoms with Gasteiger partial charge in [-0.05, 0) is 40.6 Å². The van der Waals surface area contributed by atoms with Crippen molar-refractivity contribution in [2.24, 2.45) is 0 Å². The summed E-state index contributed by atoms with van der Waals surface area (Å²) in [6.45, 7) is 7.24. The lowest BCUT2D eigenvalue weighted by Gasteiger charge is -2.14. The van der Waals surface area contributed by atoms with Crippen molar-refractivity contribution in [2.45, 2.75) is 20.4 Å². The lowest BCUT2D eigenvalue weighted by molar-refractivity contribution is 0.289. The van der Waals surface area contributed by atoms with Crippen molar-refractivity contribution in [3.8, 4) is 0 Å². The number of halogens is 1. The zero-order valence-corrected chi connectivity index (χ0v) is 9.65. The highest BCUT2D eigenvalue weighted by atomic mass is 79.9. The van der Waals surface area contributed by atoms with E-state index in [1.54, 1.807) is 0 Å². The van der Waals surface area contributed by atoms with Crippen molar-refractivity contribution in [3.05, 3.63) is 9.74 Å². The van der Waals surface area contributed by atoms with E-state index in [1.807, 2.05) is 0 Å². The Morgan fingerprint density at radius 3 is 2.50 bits per heavy atom. The molecule has 0 aliphatic rings. The van der Waals surface area contributed by atoms with Gasteiger partial charge in [-0.1, -0.05) is 13.8 Å². The zero-order valence-electron chi connectivity index (χ0n) is 7.25. The third kappa shape index (κ3) is 2.80. The fraction of sp³-hybridized carbons (Fsp3) is 0.714. The van der Waals surface area contributed by atoms with Gasteiger partial charge in [0.1, 0.15) is 0 Å². The zero-order chi connectivity index (χ0) is 8.97. The SMILES string of the molecule is CCN(CC)Cc1nsc(Br)n1. The van der Waals surface area contributed by atoms with Crippen LogP contribution in [0.15, 0.2) is 3.92 Å². The van der Waals surface area contributed by atoms with Crippen LogP contribution in [-0.2, 0) is 6.54 Å². The molecule has 3 nitrogen and oxygen atoms in total. The molecule has 0 saturated heterocycles.